The molecule has 0 radical (unpaired) electrons. The smallest absolute Gasteiger partial charge is 0.244 e. The number of rotatable bonds is 5. The highest BCUT2D eigenvalue weighted by Crippen LogP contribution is 2.35. The molecule has 4 rings (SSSR count). The second-order valence-corrected chi connectivity index (χ2v) is 6.46. The maximum atomic E-state index is 5.66. The molecule has 4 aromatic rings. The van der Waals surface area contributed by atoms with Crippen LogP contribution in [0.1, 0.15) is 0 Å². The first kappa shape index (κ1) is 17.9. The molecule has 0 N–H and O–H groups in total. The summed E-state index contributed by atoms with van der Waals surface area (Å²) in [5, 5.41) is 0. The first-order chi connectivity index (χ1) is 13.7. The fraction of sp³-hybridized carbons (Fsp3) is 0.125. The van der Waals surface area contributed by atoms with Gasteiger partial charge in [0.2, 0.25) is 6.33 Å². The van der Waals surface area contributed by atoms with Gasteiger partial charge in [-0.3, -0.25) is 0 Å². The van der Waals surface area contributed by atoms with E-state index in [0.717, 1.165) is 39.7 Å². The van der Waals surface area contributed by atoms with E-state index in [1.165, 1.54) is 0 Å². The number of hydrogen-bond acceptors (Lipinski definition) is 2. The lowest BCUT2D eigenvalue weighted by atomic mass is 10.0. The van der Waals surface area contributed by atoms with E-state index in [-0.39, 0.29) is 0 Å². The van der Waals surface area contributed by atoms with Gasteiger partial charge < -0.3 is 18.6 Å². The second kappa shape index (κ2) is 7.61. The second-order valence-electron chi connectivity index (χ2n) is 6.46. The van der Waals surface area contributed by atoms with Gasteiger partial charge in [-0.1, -0.05) is 66.7 Å². The number of methoxy groups -OCH3 is 2. The summed E-state index contributed by atoms with van der Waals surface area (Å²) < 4.78 is 15.1. The van der Waals surface area contributed by atoms with Crippen LogP contribution in [0.5, 0.6) is 11.5 Å². The molecule has 0 saturated heterocycles. The van der Waals surface area contributed by atoms with Crippen LogP contribution in [-0.4, -0.2) is 18.8 Å². The van der Waals surface area contributed by atoms with Gasteiger partial charge in [0, 0.05) is 6.07 Å². The predicted octanol–water partition coefficient (Wildman–Crippen LogP) is 4.45. The van der Waals surface area contributed by atoms with Crippen molar-refractivity contribution in [2.24, 2.45) is 7.05 Å². The van der Waals surface area contributed by atoms with Crippen molar-refractivity contribution in [2.75, 3.05) is 14.2 Å². The van der Waals surface area contributed by atoms with Gasteiger partial charge in [0.05, 0.1) is 38.3 Å². The van der Waals surface area contributed by atoms with Crippen LogP contribution in [0.4, 0.5) is 0 Å². The summed E-state index contributed by atoms with van der Waals surface area (Å²) in [6.45, 7) is 0. The summed E-state index contributed by atoms with van der Waals surface area (Å²) in [6.07, 6.45) is 3.45. The van der Waals surface area contributed by atoms with Gasteiger partial charge in [0.1, 0.15) is 11.5 Å². The highest BCUT2D eigenvalue weighted by Gasteiger charge is 2.19. The molecule has 0 aliphatic carbocycles. The molecule has 0 aliphatic rings. The zero-order valence-electron chi connectivity index (χ0n) is 16.2. The number of aryl methyl sites for hydroxylation is 1. The van der Waals surface area contributed by atoms with Crippen LogP contribution < -0.4 is 14.0 Å². The van der Waals surface area contributed by atoms with Crippen LogP contribution in [-0.2, 0) is 7.05 Å². The minimum atomic E-state index is 0.725. The average molecular weight is 370 g/mol. The van der Waals surface area contributed by atoms with Crippen LogP contribution in [0.3, 0.4) is 0 Å². The molecular weight excluding hydrogens is 348 g/mol. The molecule has 0 saturated carbocycles. The Bertz CT molecular complexity index is 1090. The molecule has 28 heavy (non-hydrogen) atoms. The van der Waals surface area contributed by atoms with Crippen molar-refractivity contribution < 1.29 is 14.0 Å². The van der Waals surface area contributed by atoms with E-state index in [4.69, 9.17) is 9.47 Å². The summed E-state index contributed by atoms with van der Waals surface area (Å²) in [7, 11) is 5.34. The Morgan fingerprint density at radius 1 is 0.786 bits per heavy atom. The molecule has 0 amide bonds. The lowest BCUT2D eigenvalue weighted by Crippen LogP contribution is -2.28. The maximum Gasteiger partial charge on any atom is 0.244 e. The quantitative estimate of drug-likeness (QED) is 0.383. The third kappa shape index (κ3) is 3.14. The minimum absolute atomic E-state index is 0.725. The monoisotopic (exact) mass is 370 g/mol. The Hall–Kier alpha value is -3.53. The maximum absolute atomic E-state index is 5.66. The Labute approximate surface area is 165 Å². The molecule has 4 heteroatoms. The van der Waals surface area contributed by atoms with E-state index in [0.29, 0.717) is 0 Å². The summed E-state index contributed by atoms with van der Waals surface area (Å²) in [5.74, 6) is 1.48. The van der Waals surface area contributed by atoms with Gasteiger partial charge in [-0.15, -0.1) is 0 Å². The molecule has 0 spiro atoms. The number of imidazole rings is 1. The van der Waals surface area contributed by atoms with Gasteiger partial charge in [0.15, 0.2) is 0 Å². The third-order valence-electron chi connectivity index (χ3n) is 4.76. The van der Waals surface area contributed by atoms with Crippen molar-refractivity contribution in [3.8, 4) is 39.7 Å². The van der Waals surface area contributed by atoms with Crippen molar-refractivity contribution in [3.05, 3.63) is 85.2 Å². The minimum Gasteiger partial charge on any atom is -0.502 e. The first-order valence-electron chi connectivity index (χ1n) is 9.10. The first-order valence-corrected chi connectivity index (χ1v) is 9.10. The molecule has 140 valence electrons. The van der Waals surface area contributed by atoms with Crippen LogP contribution in [0, 0.1) is 6.33 Å². The van der Waals surface area contributed by atoms with E-state index in [1.54, 1.807) is 14.2 Å². The summed E-state index contributed by atoms with van der Waals surface area (Å²) >= 11 is 0. The number of aromatic nitrogens is 2. The predicted molar refractivity (Wildman–Crippen MR) is 110 cm³/mol. The Kier molecular flexibility index (Phi) is 4.85. The highest BCUT2D eigenvalue weighted by molar-refractivity contribution is 5.78. The number of benzene rings is 3. The fourth-order valence-corrected chi connectivity index (χ4v) is 3.45. The summed E-state index contributed by atoms with van der Waals surface area (Å²) in [6, 6.07) is 26.5. The number of ether oxygens (including phenoxy) is 2. The molecular formula is C24H22N2O2. The molecule has 1 heterocycles. The third-order valence-corrected chi connectivity index (χ3v) is 4.76. The van der Waals surface area contributed by atoms with Crippen LogP contribution in [0.25, 0.3) is 28.2 Å². The normalized spacial score (nSPS) is 10.7. The van der Waals surface area contributed by atoms with Crippen LogP contribution >= 0.6 is 0 Å². The SMILES string of the molecule is COc1ccc(-n2[c-][n+](C)c(-c3ccccc3)c2-c2ccccc2)c(OC)c1. The zero-order valence-corrected chi connectivity index (χ0v) is 16.2. The Balaban J connectivity index is 2.02. The van der Waals surface area contributed by atoms with Crippen LogP contribution in [0.2, 0.25) is 0 Å². The molecule has 0 unspecified atom stereocenters. The Morgan fingerprint density at radius 3 is 2.04 bits per heavy atom. The average Bonchev–Trinajstić information content (AvgIpc) is 3.11. The van der Waals surface area contributed by atoms with E-state index in [2.05, 4.69) is 47.3 Å². The van der Waals surface area contributed by atoms with Crippen molar-refractivity contribution in [3.63, 3.8) is 0 Å². The van der Waals surface area contributed by atoms with E-state index < -0.39 is 0 Å². The summed E-state index contributed by atoms with van der Waals surface area (Å²) in [5.41, 5.74) is 5.28. The number of nitrogens with zero attached hydrogens (tertiary/aromatic N) is 2. The molecule has 0 atom stereocenters. The largest absolute Gasteiger partial charge is 0.502 e. The van der Waals surface area contributed by atoms with Crippen molar-refractivity contribution in [1.82, 2.24) is 4.57 Å². The van der Waals surface area contributed by atoms with Gasteiger partial charge in [0.25, 0.3) is 0 Å². The molecule has 0 fully saturated rings. The topological polar surface area (TPSA) is 27.3 Å². The molecule has 0 bridgehead atoms. The fourth-order valence-electron chi connectivity index (χ4n) is 3.45. The van der Waals surface area contributed by atoms with E-state index in [1.807, 2.05) is 54.1 Å². The van der Waals surface area contributed by atoms with Crippen LogP contribution in [0.15, 0.2) is 78.9 Å². The summed E-state index contributed by atoms with van der Waals surface area (Å²) in [4.78, 5) is 0. The van der Waals surface area contributed by atoms with Crippen molar-refractivity contribution in [1.29, 1.82) is 0 Å². The highest BCUT2D eigenvalue weighted by atomic mass is 16.5. The molecule has 0 aliphatic heterocycles. The lowest BCUT2D eigenvalue weighted by molar-refractivity contribution is -0.664. The van der Waals surface area contributed by atoms with E-state index >= 15 is 0 Å². The Morgan fingerprint density at radius 2 is 1.43 bits per heavy atom. The zero-order chi connectivity index (χ0) is 19.5. The van der Waals surface area contributed by atoms with Gasteiger partial charge >= 0.3 is 0 Å². The lowest BCUT2D eigenvalue weighted by Gasteiger charge is -2.16. The standard InChI is InChI=1S/C24H22N2O2/c1-25-17-26(21-15-14-20(27-2)16-22(21)28-3)24(19-12-8-5-9-13-19)23(25)18-10-6-4-7-11-18/h4-16H,1-3H3. The molecule has 4 nitrogen and oxygen atoms in total. The van der Waals surface area contributed by atoms with Gasteiger partial charge in [-0.2, -0.15) is 0 Å². The molecule has 3 aromatic carbocycles. The molecule has 1 aromatic heterocycles. The van der Waals surface area contributed by atoms with E-state index in [9.17, 15) is 0 Å². The van der Waals surface area contributed by atoms with Gasteiger partial charge in [-0.05, 0) is 17.2 Å². The van der Waals surface area contributed by atoms with Gasteiger partial charge in [-0.25, -0.2) is 0 Å². The van der Waals surface area contributed by atoms with Crippen molar-refractivity contribution in [2.45, 2.75) is 0 Å². The number of hydrogen-bond donors (Lipinski definition) is 0. The van der Waals surface area contributed by atoms with Crippen molar-refractivity contribution >= 4 is 0 Å².